The molecule has 0 radical (unpaired) electrons. The van der Waals surface area contributed by atoms with Crippen molar-refractivity contribution in [1.29, 1.82) is 0 Å². The van der Waals surface area contributed by atoms with Crippen LogP contribution in [0.4, 0.5) is 0 Å². The van der Waals surface area contributed by atoms with E-state index in [1.807, 2.05) is 24.3 Å². The third-order valence-corrected chi connectivity index (χ3v) is 6.45. The summed E-state index contributed by atoms with van der Waals surface area (Å²) >= 11 is 0. The molecule has 47 heavy (non-hydrogen) atoms. The van der Waals surface area contributed by atoms with Crippen LogP contribution >= 0.6 is 0 Å². The van der Waals surface area contributed by atoms with Crippen LogP contribution in [0, 0.1) is 0 Å². The van der Waals surface area contributed by atoms with Gasteiger partial charge in [-0.25, -0.2) is 0 Å². The van der Waals surface area contributed by atoms with E-state index in [9.17, 15) is 9.59 Å². The Morgan fingerprint density at radius 2 is 0.511 bits per heavy atom. The number of hydrogen-bond acceptors (Lipinski definition) is 3. The van der Waals surface area contributed by atoms with Gasteiger partial charge in [0, 0.05) is 12.8 Å². The molecular formula is C44H62O3. The van der Waals surface area contributed by atoms with Crippen LogP contribution in [0.5, 0.6) is 0 Å². The lowest BCUT2D eigenvalue weighted by molar-refractivity contribution is -0.159. The Labute approximate surface area is 288 Å². The lowest BCUT2D eigenvalue weighted by Crippen LogP contribution is -2.11. The van der Waals surface area contributed by atoms with Gasteiger partial charge in [0.2, 0.25) is 0 Å². The summed E-state index contributed by atoms with van der Waals surface area (Å²) < 4.78 is 4.91. The Morgan fingerprint density at radius 3 is 0.723 bits per heavy atom. The molecule has 0 unspecified atom stereocenters. The zero-order chi connectivity index (χ0) is 34.1. The molecule has 0 saturated carbocycles. The Kier molecular flexibility index (Phi) is 35.0. The Hall–Kier alpha value is -3.98. The summed E-state index contributed by atoms with van der Waals surface area (Å²) in [6.45, 7) is 4.30. The number of hydrogen-bond donors (Lipinski definition) is 0. The SMILES string of the molecule is CCC=CCC=CCC=CCC=CCC=CCC=CCCC(=O)OC(=O)CCC=CCC=CCC=CCC=CCC=CCC=CCC. The minimum Gasteiger partial charge on any atom is -0.393 e. The summed E-state index contributed by atoms with van der Waals surface area (Å²) in [6, 6.07) is 0. The van der Waals surface area contributed by atoms with Crippen LogP contribution in [-0.4, -0.2) is 11.9 Å². The number of allylic oxidation sites excluding steroid dienone is 24. The fourth-order valence-electron chi connectivity index (χ4n) is 3.91. The highest BCUT2D eigenvalue weighted by atomic mass is 16.6. The van der Waals surface area contributed by atoms with Gasteiger partial charge in [-0.05, 0) is 89.9 Å². The molecule has 3 heteroatoms. The van der Waals surface area contributed by atoms with Gasteiger partial charge in [0.05, 0.1) is 0 Å². The third kappa shape index (κ3) is 38.1. The predicted molar refractivity (Wildman–Crippen MR) is 206 cm³/mol. The van der Waals surface area contributed by atoms with E-state index in [0.717, 1.165) is 77.0 Å². The first-order valence-electron chi connectivity index (χ1n) is 17.7. The van der Waals surface area contributed by atoms with Crippen molar-refractivity contribution in [3.63, 3.8) is 0 Å². The number of carbonyl (C=O) groups is 2. The predicted octanol–water partition coefficient (Wildman–Crippen LogP) is 13.0. The van der Waals surface area contributed by atoms with Crippen LogP contribution in [0.1, 0.15) is 117 Å². The average Bonchev–Trinajstić information content (AvgIpc) is 3.06. The molecule has 0 saturated heterocycles. The molecule has 0 aromatic heterocycles. The Morgan fingerprint density at radius 1 is 0.319 bits per heavy atom. The maximum Gasteiger partial charge on any atom is 0.313 e. The largest absolute Gasteiger partial charge is 0.393 e. The monoisotopic (exact) mass is 638 g/mol. The summed E-state index contributed by atoms with van der Waals surface area (Å²) in [5, 5.41) is 0. The molecule has 256 valence electrons. The quantitative estimate of drug-likeness (QED) is 0.0486. The fourth-order valence-corrected chi connectivity index (χ4v) is 3.91. The molecule has 0 aromatic rings. The van der Waals surface area contributed by atoms with Gasteiger partial charge in [-0.15, -0.1) is 0 Å². The van der Waals surface area contributed by atoms with Gasteiger partial charge < -0.3 is 4.74 Å². The second kappa shape index (κ2) is 38.2. The summed E-state index contributed by atoms with van der Waals surface area (Å²) in [7, 11) is 0. The second-order valence-electron chi connectivity index (χ2n) is 10.8. The standard InChI is InChI=1S/C44H62O3/c1-3-5-7-9-11-13-15-17-19-21-23-25-27-29-31-33-35-37-39-41-43(45)47-44(46)42-40-38-36-34-32-30-28-26-24-22-20-18-16-14-12-10-8-6-4-2/h5-8,11-14,17-20,23-26,29-32,35-38H,3-4,9-10,15-16,21-22,27-28,33-34,39-42H2,1-2H3. The Balaban J connectivity index is 3.73. The highest BCUT2D eigenvalue weighted by Crippen LogP contribution is 2.02. The second-order valence-corrected chi connectivity index (χ2v) is 10.8. The third-order valence-electron chi connectivity index (χ3n) is 6.45. The fraction of sp³-hybridized carbons (Fsp3) is 0.409. The topological polar surface area (TPSA) is 43.4 Å². The first-order chi connectivity index (χ1) is 23.2. The van der Waals surface area contributed by atoms with E-state index in [0.29, 0.717) is 12.8 Å². The smallest absolute Gasteiger partial charge is 0.313 e. The van der Waals surface area contributed by atoms with Gasteiger partial charge in [0.15, 0.2) is 0 Å². The molecule has 0 aliphatic rings. The molecular weight excluding hydrogens is 576 g/mol. The van der Waals surface area contributed by atoms with Crippen LogP contribution in [0.2, 0.25) is 0 Å². The lowest BCUT2D eigenvalue weighted by atomic mass is 10.2. The summed E-state index contributed by atoms with van der Waals surface area (Å²) in [6.07, 6.45) is 64.8. The molecule has 0 atom stereocenters. The average molecular weight is 639 g/mol. The first-order valence-corrected chi connectivity index (χ1v) is 17.7. The van der Waals surface area contributed by atoms with Crippen molar-refractivity contribution in [2.24, 2.45) is 0 Å². The van der Waals surface area contributed by atoms with Crippen molar-refractivity contribution in [3.8, 4) is 0 Å². The zero-order valence-electron chi connectivity index (χ0n) is 29.4. The first kappa shape index (κ1) is 43.0. The van der Waals surface area contributed by atoms with Crippen LogP contribution in [0.3, 0.4) is 0 Å². The van der Waals surface area contributed by atoms with Crippen LogP contribution in [0.25, 0.3) is 0 Å². The molecule has 0 fully saturated rings. The maximum atomic E-state index is 11.9. The van der Waals surface area contributed by atoms with Gasteiger partial charge in [-0.2, -0.15) is 0 Å². The summed E-state index contributed by atoms with van der Waals surface area (Å²) in [4.78, 5) is 23.8. The van der Waals surface area contributed by atoms with Crippen LogP contribution in [-0.2, 0) is 14.3 Å². The minimum atomic E-state index is -0.461. The van der Waals surface area contributed by atoms with E-state index < -0.39 is 11.9 Å². The van der Waals surface area contributed by atoms with Crippen molar-refractivity contribution in [3.05, 3.63) is 146 Å². The molecule has 0 aliphatic carbocycles. The molecule has 3 nitrogen and oxygen atoms in total. The molecule has 0 N–H and O–H groups in total. The zero-order valence-corrected chi connectivity index (χ0v) is 29.4. The van der Waals surface area contributed by atoms with Gasteiger partial charge in [-0.1, -0.05) is 160 Å². The van der Waals surface area contributed by atoms with Crippen LogP contribution < -0.4 is 0 Å². The normalized spacial score (nSPS) is 13.4. The van der Waals surface area contributed by atoms with Gasteiger partial charge in [0.1, 0.15) is 0 Å². The molecule has 0 aromatic carbocycles. The van der Waals surface area contributed by atoms with E-state index in [1.54, 1.807) is 0 Å². The summed E-state index contributed by atoms with van der Waals surface area (Å²) in [5.41, 5.74) is 0. The minimum absolute atomic E-state index is 0.216. The van der Waals surface area contributed by atoms with E-state index in [2.05, 4.69) is 135 Å². The summed E-state index contributed by atoms with van der Waals surface area (Å²) in [5.74, 6) is -0.922. The number of carbonyl (C=O) groups excluding carboxylic acids is 2. The molecule has 0 bridgehead atoms. The van der Waals surface area contributed by atoms with Gasteiger partial charge >= 0.3 is 11.9 Å². The lowest BCUT2D eigenvalue weighted by Gasteiger charge is -2.00. The van der Waals surface area contributed by atoms with Gasteiger partial charge in [0.25, 0.3) is 0 Å². The van der Waals surface area contributed by atoms with Crippen molar-refractivity contribution in [1.82, 2.24) is 0 Å². The van der Waals surface area contributed by atoms with Crippen LogP contribution in [0.15, 0.2) is 146 Å². The van der Waals surface area contributed by atoms with Crippen molar-refractivity contribution >= 4 is 11.9 Å². The van der Waals surface area contributed by atoms with E-state index >= 15 is 0 Å². The molecule has 0 aliphatic heterocycles. The van der Waals surface area contributed by atoms with Crippen molar-refractivity contribution in [2.75, 3.05) is 0 Å². The number of esters is 2. The molecule has 0 rings (SSSR count). The highest BCUT2D eigenvalue weighted by molar-refractivity contribution is 5.85. The van der Waals surface area contributed by atoms with Crippen molar-refractivity contribution < 1.29 is 14.3 Å². The number of rotatable bonds is 28. The highest BCUT2D eigenvalue weighted by Gasteiger charge is 2.08. The van der Waals surface area contributed by atoms with Gasteiger partial charge in [-0.3, -0.25) is 9.59 Å². The van der Waals surface area contributed by atoms with E-state index in [-0.39, 0.29) is 12.8 Å². The van der Waals surface area contributed by atoms with E-state index in [4.69, 9.17) is 4.74 Å². The van der Waals surface area contributed by atoms with Crippen molar-refractivity contribution in [2.45, 2.75) is 117 Å². The van der Waals surface area contributed by atoms with E-state index in [1.165, 1.54) is 0 Å². The molecule has 0 amide bonds. The molecule has 0 heterocycles. The maximum absolute atomic E-state index is 11.9. The number of ether oxygens (including phenoxy) is 1. The molecule has 0 spiro atoms. The Bertz CT molecular complexity index is 1020.